The van der Waals surface area contributed by atoms with E-state index in [1.165, 1.54) is 23.9 Å². The van der Waals surface area contributed by atoms with Crippen molar-refractivity contribution in [2.24, 2.45) is 0 Å². The molecule has 0 saturated carbocycles. The van der Waals surface area contributed by atoms with Crippen LogP contribution in [0.15, 0.2) is 54.7 Å². The Morgan fingerprint density at radius 3 is 2.80 bits per heavy atom. The lowest BCUT2D eigenvalue weighted by Crippen LogP contribution is -2.12. The number of fused-ring (bicyclic) bond motifs is 1. The second kappa shape index (κ2) is 8.03. The number of carbonyl (C=O) groups excluding carboxylic acids is 1. The molecular formula is C20H17FN6O3. The number of carbonyl (C=O) groups is 1. The number of aromatic hydroxyl groups is 1. The van der Waals surface area contributed by atoms with Crippen molar-refractivity contribution in [1.82, 2.24) is 19.7 Å². The van der Waals surface area contributed by atoms with Crippen LogP contribution in [0.1, 0.15) is 0 Å². The lowest BCUT2D eigenvalue weighted by Gasteiger charge is -2.08. The Morgan fingerprint density at radius 2 is 2.00 bits per heavy atom. The van der Waals surface area contributed by atoms with Gasteiger partial charge in [0.25, 0.3) is 0 Å². The molecule has 0 bridgehead atoms. The summed E-state index contributed by atoms with van der Waals surface area (Å²) in [5.41, 5.74) is 1.22. The molecule has 0 radical (unpaired) electrons. The fourth-order valence-electron chi connectivity index (χ4n) is 2.87. The smallest absolute Gasteiger partial charge is 0.327 e. The van der Waals surface area contributed by atoms with Gasteiger partial charge in [0.2, 0.25) is 5.95 Å². The highest BCUT2D eigenvalue weighted by Gasteiger charge is 2.16. The molecular weight excluding hydrogens is 391 g/mol. The Kier molecular flexibility index (Phi) is 5.12. The number of para-hydroxylation sites is 1. The van der Waals surface area contributed by atoms with E-state index in [0.29, 0.717) is 22.4 Å². The number of rotatable bonds is 6. The minimum Gasteiger partial charge on any atom is -0.508 e. The van der Waals surface area contributed by atoms with Crippen molar-refractivity contribution in [3.05, 3.63) is 60.5 Å². The first kappa shape index (κ1) is 19.1. The van der Waals surface area contributed by atoms with Gasteiger partial charge < -0.3 is 20.5 Å². The van der Waals surface area contributed by atoms with Crippen LogP contribution in [0.2, 0.25) is 0 Å². The minimum atomic E-state index is -0.678. The van der Waals surface area contributed by atoms with Gasteiger partial charge in [-0.25, -0.2) is 9.37 Å². The van der Waals surface area contributed by atoms with E-state index < -0.39 is 11.8 Å². The zero-order chi connectivity index (χ0) is 21.1. The highest BCUT2D eigenvalue weighted by atomic mass is 19.1. The van der Waals surface area contributed by atoms with Crippen LogP contribution < -0.4 is 10.6 Å². The number of nitrogens with zero attached hydrogens (tertiary/aromatic N) is 4. The summed E-state index contributed by atoms with van der Waals surface area (Å²) in [5, 5.41) is 20.4. The van der Waals surface area contributed by atoms with Crippen LogP contribution in [0.3, 0.4) is 0 Å². The highest BCUT2D eigenvalue weighted by Crippen LogP contribution is 2.27. The fraction of sp³-hybridized carbons (Fsp3) is 0.100. The Bertz CT molecular complexity index is 1230. The van der Waals surface area contributed by atoms with Gasteiger partial charge in [0, 0.05) is 17.1 Å². The van der Waals surface area contributed by atoms with Gasteiger partial charge >= 0.3 is 5.97 Å². The summed E-state index contributed by atoms with van der Waals surface area (Å²) in [6, 6.07) is 13.6. The van der Waals surface area contributed by atoms with Gasteiger partial charge in [0.1, 0.15) is 12.3 Å². The van der Waals surface area contributed by atoms with Gasteiger partial charge in [-0.3, -0.25) is 9.48 Å². The SMILES string of the molecule is COC(=O)Cn1nc(Nc2nc(Nc3cccc(O)c3)ncc2F)c2ccccc21. The number of halogens is 1. The van der Waals surface area contributed by atoms with E-state index in [2.05, 4.69) is 25.7 Å². The van der Waals surface area contributed by atoms with Crippen LogP contribution in [-0.4, -0.2) is 37.9 Å². The van der Waals surface area contributed by atoms with Gasteiger partial charge in [0.15, 0.2) is 17.5 Å². The molecule has 0 amide bonds. The molecule has 4 aromatic rings. The fourth-order valence-corrected chi connectivity index (χ4v) is 2.87. The summed E-state index contributed by atoms with van der Waals surface area (Å²) in [7, 11) is 1.30. The van der Waals surface area contributed by atoms with Crippen LogP contribution in [0.25, 0.3) is 10.9 Å². The van der Waals surface area contributed by atoms with E-state index in [1.54, 1.807) is 24.3 Å². The van der Waals surface area contributed by atoms with Gasteiger partial charge in [-0.1, -0.05) is 18.2 Å². The zero-order valence-electron chi connectivity index (χ0n) is 15.8. The molecule has 9 nitrogen and oxygen atoms in total. The van der Waals surface area contributed by atoms with Crippen LogP contribution in [-0.2, 0) is 16.1 Å². The molecule has 30 heavy (non-hydrogen) atoms. The number of ether oxygens (including phenoxy) is 1. The molecule has 0 aliphatic rings. The maximum Gasteiger partial charge on any atom is 0.327 e. The number of phenolic OH excluding ortho intramolecular Hbond substituents is 1. The van der Waals surface area contributed by atoms with Crippen molar-refractivity contribution < 1.29 is 19.0 Å². The molecule has 2 aromatic carbocycles. The van der Waals surface area contributed by atoms with Crippen molar-refractivity contribution >= 4 is 40.1 Å². The maximum absolute atomic E-state index is 14.4. The van der Waals surface area contributed by atoms with Gasteiger partial charge in [-0.15, -0.1) is 0 Å². The molecule has 152 valence electrons. The zero-order valence-corrected chi connectivity index (χ0v) is 15.8. The molecule has 0 unspecified atom stereocenters. The van der Waals surface area contributed by atoms with Crippen LogP contribution in [0, 0.1) is 5.82 Å². The topological polar surface area (TPSA) is 114 Å². The number of phenols is 1. The van der Waals surface area contributed by atoms with Crippen molar-refractivity contribution in [2.45, 2.75) is 6.54 Å². The van der Waals surface area contributed by atoms with Gasteiger partial charge in [-0.2, -0.15) is 10.1 Å². The number of aromatic nitrogens is 4. The van der Waals surface area contributed by atoms with Crippen molar-refractivity contribution in [2.75, 3.05) is 17.7 Å². The molecule has 10 heteroatoms. The van der Waals surface area contributed by atoms with Crippen molar-refractivity contribution in [3.63, 3.8) is 0 Å². The monoisotopic (exact) mass is 408 g/mol. The lowest BCUT2D eigenvalue weighted by atomic mass is 10.2. The average molecular weight is 408 g/mol. The third kappa shape index (κ3) is 3.97. The largest absolute Gasteiger partial charge is 0.508 e. The summed E-state index contributed by atoms with van der Waals surface area (Å²) >= 11 is 0. The Balaban J connectivity index is 1.65. The van der Waals surface area contributed by atoms with E-state index in [0.717, 1.165) is 6.20 Å². The number of anilines is 4. The summed E-state index contributed by atoms with van der Waals surface area (Å²) in [5.74, 6) is -0.703. The maximum atomic E-state index is 14.4. The molecule has 4 rings (SSSR count). The van der Waals surface area contributed by atoms with E-state index in [-0.39, 0.29) is 24.1 Å². The molecule has 2 aromatic heterocycles. The number of benzene rings is 2. The van der Waals surface area contributed by atoms with Crippen molar-refractivity contribution in [3.8, 4) is 5.75 Å². The Labute approximate surface area is 170 Å². The molecule has 0 aliphatic carbocycles. The first-order valence-corrected chi connectivity index (χ1v) is 8.91. The summed E-state index contributed by atoms with van der Waals surface area (Å²) < 4.78 is 20.5. The number of hydrogen-bond donors (Lipinski definition) is 3. The minimum absolute atomic E-state index is 0.0723. The summed E-state index contributed by atoms with van der Waals surface area (Å²) in [4.78, 5) is 19.8. The number of hydrogen-bond acceptors (Lipinski definition) is 8. The number of nitrogens with one attached hydrogen (secondary N) is 2. The first-order chi connectivity index (χ1) is 14.5. The molecule has 0 saturated heterocycles. The number of methoxy groups -OCH3 is 1. The quantitative estimate of drug-likeness (QED) is 0.416. The predicted molar refractivity (Wildman–Crippen MR) is 108 cm³/mol. The Morgan fingerprint density at radius 1 is 1.17 bits per heavy atom. The first-order valence-electron chi connectivity index (χ1n) is 8.91. The van der Waals surface area contributed by atoms with Gasteiger partial charge in [-0.05, 0) is 24.3 Å². The van der Waals surface area contributed by atoms with E-state index in [1.807, 2.05) is 12.1 Å². The highest BCUT2D eigenvalue weighted by molar-refractivity contribution is 5.92. The molecule has 0 spiro atoms. The number of esters is 1. The third-order valence-corrected chi connectivity index (χ3v) is 4.25. The predicted octanol–water partition coefficient (Wildman–Crippen LogP) is 3.33. The van der Waals surface area contributed by atoms with Crippen LogP contribution >= 0.6 is 0 Å². The summed E-state index contributed by atoms with van der Waals surface area (Å²) in [6.07, 6.45) is 1.02. The molecule has 0 aliphatic heterocycles. The lowest BCUT2D eigenvalue weighted by molar-refractivity contribution is -0.141. The summed E-state index contributed by atoms with van der Waals surface area (Å²) in [6.45, 7) is -0.0880. The average Bonchev–Trinajstić information content (AvgIpc) is 3.08. The molecule has 3 N–H and O–H groups in total. The van der Waals surface area contributed by atoms with Crippen molar-refractivity contribution in [1.29, 1.82) is 0 Å². The molecule has 2 heterocycles. The van der Waals surface area contributed by atoms with E-state index >= 15 is 0 Å². The van der Waals surface area contributed by atoms with Gasteiger partial charge in [0.05, 0.1) is 18.8 Å². The Hall–Kier alpha value is -4.21. The third-order valence-electron chi connectivity index (χ3n) is 4.25. The van der Waals surface area contributed by atoms with E-state index in [9.17, 15) is 14.3 Å². The normalized spacial score (nSPS) is 10.7. The van der Waals surface area contributed by atoms with E-state index in [4.69, 9.17) is 4.74 Å². The second-order valence-electron chi connectivity index (χ2n) is 6.29. The molecule has 0 fully saturated rings. The van der Waals surface area contributed by atoms with Crippen LogP contribution in [0.4, 0.5) is 27.7 Å². The van der Waals surface area contributed by atoms with Crippen LogP contribution in [0.5, 0.6) is 5.75 Å². The second-order valence-corrected chi connectivity index (χ2v) is 6.29. The molecule has 0 atom stereocenters. The standard InChI is InChI=1S/C20H17FN6O3/c1-30-17(29)11-27-16-8-3-2-7-14(16)18(26-27)24-19-15(21)10-22-20(25-19)23-12-5-4-6-13(28)9-12/h2-10,28H,11H2,1H3,(H2,22,23,24,25,26).